The van der Waals surface area contributed by atoms with Gasteiger partial charge in [-0.15, -0.1) is 0 Å². The van der Waals surface area contributed by atoms with Crippen LogP contribution >= 0.6 is 11.6 Å². The fourth-order valence-corrected chi connectivity index (χ4v) is 2.28. The molecule has 5 heteroatoms. The van der Waals surface area contributed by atoms with Gasteiger partial charge in [-0.2, -0.15) is 5.26 Å². The summed E-state index contributed by atoms with van der Waals surface area (Å²) < 4.78 is 5.71. The maximum absolute atomic E-state index is 12.3. The molecule has 1 amide bonds. The molecule has 0 saturated carbocycles. The Kier molecular flexibility index (Phi) is 4.32. The maximum atomic E-state index is 12.3. The van der Waals surface area contributed by atoms with Crippen molar-refractivity contribution in [3.05, 3.63) is 34.9 Å². The van der Waals surface area contributed by atoms with Crippen LogP contribution in [0.3, 0.4) is 0 Å². The van der Waals surface area contributed by atoms with Gasteiger partial charge in [-0.25, -0.2) is 0 Å². The summed E-state index contributed by atoms with van der Waals surface area (Å²) in [6, 6.07) is 9.46. The molecule has 0 spiro atoms. The summed E-state index contributed by atoms with van der Waals surface area (Å²) in [5, 5.41) is 9.73. The van der Waals surface area contributed by atoms with Crippen molar-refractivity contribution in [3.63, 3.8) is 0 Å². The van der Waals surface area contributed by atoms with Crippen molar-refractivity contribution in [1.29, 1.82) is 5.26 Å². The lowest BCUT2D eigenvalue weighted by molar-refractivity contribution is -0.145. The third-order valence-corrected chi connectivity index (χ3v) is 3.66. The van der Waals surface area contributed by atoms with E-state index >= 15 is 0 Å². The van der Waals surface area contributed by atoms with Crippen LogP contribution in [-0.2, 0) is 9.53 Å². The zero-order valence-electron chi connectivity index (χ0n) is 11.6. The average Bonchev–Trinajstić information content (AvgIpc) is 2.47. The molecule has 1 saturated heterocycles. The first kappa shape index (κ1) is 14.8. The highest BCUT2D eigenvalue weighted by atomic mass is 35.5. The summed E-state index contributed by atoms with van der Waals surface area (Å²) >= 11 is 5.87. The molecule has 2 rings (SSSR count). The number of nitriles is 1. The fraction of sp³-hybridized carbons (Fsp3) is 0.467. The number of morpholine rings is 1. The Morgan fingerprint density at radius 3 is 2.70 bits per heavy atom. The molecule has 20 heavy (non-hydrogen) atoms. The molecule has 0 N–H and O–H groups in total. The second kappa shape index (κ2) is 5.82. The predicted octanol–water partition coefficient (Wildman–Crippen LogP) is 2.79. The van der Waals surface area contributed by atoms with Crippen LogP contribution in [-0.4, -0.2) is 30.5 Å². The lowest BCUT2D eigenvalue weighted by Gasteiger charge is -2.35. The molecule has 1 unspecified atom stereocenters. The minimum Gasteiger partial charge on any atom is -0.370 e. The van der Waals surface area contributed by atoms with Gasteiger partial charge < -0.3 is 9.64 Å². The normalized spacial score (nSPS) is 19.5. The Morgan fingerprint density at radius 1 is 1.45 bits per heavy atom. The van der Waals surface area contributed by atoms with E-state index in [4.69, 9.17) is 21.6 Å². The Balaban J connectivity index is 2.11. The third-order valence-electron chi connectivity index (χ3n) is 3.41. The van der Waals surface area contributed by atoms with Crippen LogP contribution in [0.1, 0.15) is 25.5 Å². The highest BCUT2D eigenvalue weighted by Crippen LogP contribution is 2.26. The molecular weight excluding hydrogens is 276 g/mol. The Bertz CT molecular complexity index is 534. The van der Waals surface area contributed by atoms with Gasteiger partial charge in [0.05, 0.1) is 19.2 Å². The topological polar surface area (TPSA) is 53.3 Å². The molecule has 0 bridgehead atoms. The van der Waals surface area contributed by atoms with Crippen molar-refractivity contribution in [3.8, 4) is 6.07 Å². The number of carbonyl (C=O) groups excluding carboxylic acids is 1. The molecule has 4 nitrogen and oxygen atoms in total. The Labute approximate surface area is 123 Å². The second-order valence-corrected chi connectivity index (χ2v) is 5.84. The van der Waals surface area contributed by atoms with E-state index in [0.717, 1.165) is 5.56 Å². The van der Waals surface area contributed by atoms with Gasteiger partial charge in [0.2, 0.25) is 5.91 Å². The molecular formula is C15H17ClN2O2. The summed E-state index contributed by atoms with van der Waals surface area (Å²) in [6.45, 7) is 4.74. The Morgan fingerprint density at radius 2 is 2.10 bits per heavy atom. The predicted molar refractivity (Wildman–Crippen MR) is 76.1 cm³/mol. The first-order valence-corrected chi connectivity index (χ1v) is 6.89. The van der Waals surface area contributed by atoms with Crippen molar-refractivity contribution in [2.75, 3.05) is 19.7 Å². The minimum absolute atomic E-state index is 0.151. The van der Waals surface area contributed by atoms with E-state index < -0.39 is 5.41 Å². The van der Waals surface area contributed by atoms with Crippen LogP contribution in [0.4, 0.5) is 0 Å². The summed E-state index contributed by atoms with van der Waals surface area (Å²) in [5.74, 6) is -0.151. The van der Waals surface area contributed by atoms with Gasteiger partial charge in [0.25, 0.3) is 0 Å². The zero-order valence-corrected chi connectivity index (χ0v) is 12.4. The Hall–Kier alpha value is -1.57. The first-order valence-electron chi connectivity index (χ1n) is 6.52. The molecule has 1 aromatic rings. The van der Waals surface area contributed by atoms with Crippen LogP contribution in [0.2, 0.25) is 5.02 Å². The maximum Gasteiger partial charge on any atom is 0.242 e. The number of halogens is 1. The molecule has 0 aromatic heterocycles. The van der Waals surface area contributed by atoms with Crippen molar-refractivity contribution < 1.29 is 9.53 Å². The van der Waals surface area contributed by atoms with Gasteiger partial charge in [-0.05, 0) is 31.5 Å². The van der Waals surface area contributed by atoms with Crippen LogP contribution < -0.4 is 0 Å². The van der Waals surface area contributed by atoms with E-state index in [2.05, 4.69) is 6.07 Å². The smallest absolute Gasteiger partial charge is 0.242 e. The van der Waals surface area contributed by atoms with Crippen molar-refractivity contribution in [2.45, 2.75) is 20.0 Å². The highest BCUT2D eigenvalue weighted by molar-refractivity contribution is 6.30. The minimum atomic E-state index is -0.998. The monoisotopic (exact) mass is 292 g/mol. The van der Waals surface area contributed by atoms with Crippen LogP contribution in [0.15, 0.2) is 24.3 Å². The van der Waals surface area contributed by atoms with E-state index in [1.54, 1.807) is 30.9 Å². The SMILES string of the molecule is CC(C)(C#N)C(=O)N1CCOC(c2ccc(Cl)cc2)C1. The molecule has 1 heterocycles. The standard InChI is InChI=1S/C15H17ClN2O2/c1-15(2,10-17)14(19)18-7-8-20-13(9-18)11-3-5-12(16)6-4-11/h3-6,13H,7-9H2,1-2H3. The average molecular weight is 293 g/mol. The number of amides is 1. The molecule has 1 fully saturated rings. The molecule has 1 aliphatic rings. The number of benzene rings is 1. The molecule has 106 valence electrons. The van der Waals surface area contributed by atoms with Crippen molar-refractivity contribution in [2.24, 2.45) is 5.41 Å². The largest absolute Gasteiger partial charge is 0.370 e. The van der Waals surface area contributed by atoms with Crippen molar-refractivity contribution >= 4 is 17.5 Å². The number of hydrogen-bond acceptors (Lipinski definition) is 3. The van der Waals surface area contributed by atoms with E-state index in [1.165, 1.54) is 0 Å². The summed E-state index contributed by atoms with van der Waals surface area (Å²) in [7, 11) is 0. The molecule has 1 aromatic carbocycles. The summed E-state index contributed by atoms with van der Waals surface area (Å²) in [4.78, 5) is 14.0. The number of carbonyl (C=O) groups is 1. The van der Waals surface area contributed by atoms with Gasteiger partial charge >= 0.3 is 0 Å². The highest BCUT2D eigenvalue weighted by Gasteiger charge is 2.35. The van der Waals surface area contributed by atoms with Crippen LogP contribution in [0, 0.1) is 16.7 Å². The van der Waals surface area contributed by atoms with Crippen LogP contribution in [0.5, 0.6) is 0 Å². The van der Waals surface area contributed by atoms with Gasteiger partial charge in [0.1, 0.15) is 11.5 Å². The zero-order chi connectivity index (χ0) is 14.8. The van der Waals surface area contributed by atoms with E-state index in [-0.39, 0.29) is 12.0 Å². The van der Waals surface area contributed by atoms with E-state index in [1.807, 2.05) is 12.1 Å². The quantitative estimate of drug-likeness (QED) is 0.842. The summed E-state index contributed by atoms with van der Waals surface area (Å²) in [5.41, 5.74) is -0.0105. The number of hydrogen-bond donors (Lipinski definition) is 0. The van der Waals surface area contributed by atoms with Gasteiger partial charge in [-0.1, -0.05) is 23.7 Å². The second-order valence-electron chi connectivity index (χ2n) is 5.40. The van der Waals surface area contributed by atoms with Gasteiger partial charge in [-0.3, -0.25) is 4.79 Å². The number of nitrogens with zero attached hydrogens (tertiary/aromatic N) is 2. The van der Waals surface area contributed by atoms with E-state index in [9.17, 15) is 4.79 Å². The molecule has 1 atom stereocenters. The molecule has 1 aliphatic heterocycles. The number of ether oxygens (including phenoxy) is 1. The van der Waals surface area contributed by atoms with Crippen molar-refractivity contribution in [1.82, 2.24) is 4.90 Å². The van der Waals surface area contributed by atoms with Gasteiger partial charge in [0, 0.05) is 11.6 Å². The fourth-order valence-electron chi connectivity index (χ4n) is 2.16. The first-order chi connectivity index (χ1) is 9.44. The van der Waals surface area contributed by atoms with Crippen LogP contribution in [0.25, 0.3) is 0 Å². The molecule has 0 radical (unpaired) electrons. The molecule has 0 aliphatic carbocycles. The van der Waals surface area contributed by atoms with E-state index in [0.29, 0.717) is 24.7 Å². The summed E-state index contributed by atoms with van der Waals surface area (Å²) in [6.07, 6.45) is -0.167. The third kappa shape index (κ3) is 3.12. The number of rotatable bonds is 2. The lowest BCUT2D eigenvalue weighted by Crippen LogP contribution is -2.47. The lowest BCUT2D eigenvalue weighted by atomic mass is 9.93. The van der Waals surface area contributed by atoms with Gasteiger partial charge in [0.15, 0.2) is 0 Å².